The number of anilines is 1. The van der Waals surface area contributed by atoms with Gasteiger partial charge in [-0.2, -0.15) is 0 Å². The van der Waals surface area contributed by atoms with Crippen molar-refractivity contribution in [2.75, 3.05) is 32.6 Å². The van der Waals surface area contributed by atoms with Crippen LogP contribution >= 0.6 is 0 Å². The quantitative estimate of drug-likeness (QED) is 0.605. The number of rotatable bonds is 7. The summed E-state index contributed by atoms with van der Waals surface area (Å²) >= 11 is 0. The average molecular weight is 496 g/mol. The lowest BCUT2D eigenvalue weighted by molar-refractivity contribution is -0.120. The van der Waals surface area contributed by atoms with Gasteiger partial charge in [0.25, 0.3) is 11.8 Å². The maximum absolute atomic E-state index is 13.0. The molecule has 1 saturated carbocycles. The minimum absolute atomic E-state index is 0.0517. The molecule has 2 aliphatic rings. The van der Waals surface area contributed by atoms with Crippen LogP contribution in [0.3, 0.4) is 0 Å². The van der Waals surface area contributed by atoms with Gasteiger partial charge in [0.05, 0.1) is 14.2 Å². The fourth-order valence-corrected chi connectivity index (χ4v) is 4.81. The minimum atomic E-state index is -0.383. The van der Waals surface area contributed by atoms with Gasteiger partial charge in [0.2, 0.25) is 5.91 Å². The van der Waals surface area contributed by atoms with E-state index < -0.39 is 0 Å². The number of carbonyl (C=O) groups is 3. The number of ether oxygens (including phenoxy) is 2. The molecule has 0 bridgehead atoms. The second kappa shape index (κ2) is 11.8. The van der Waals surface area contributed by atoms with Crippen molar-refractivity contribution in [2.24, 2.45) is 5.92 Å². The fraction of sp³-hybridized carbons (Fsp3) is 0.500. The van der Waals surface area contributed by atoms with Crippen molar-refractivity contribution in [1.82, 2.24) is 20.2 Å². The van der Waals surface area contributed by atoms with Crippen LogP contribution in [0.1, 0.15) is 65.8 Å². The zero-order valence-corrected chi connectivity index (χ0v) is 20.8. The molecule has 4 rings (SSSR count). The van der Waals surface area contributed by atoms with Crippen molar-refractivity contribution in [3.63, 3.8) is 0 Å². The Morgan fingerprint density at radius 1 is 0.917 bits per heavy atom. The molecule has 0 unspecified atom stereocenters. The molecule has 2 N–H and O–H groups in total. The Morgan fingerprint density at radius 3 is 2.31 bits per heavy atom. The number of hydrogen-bond acceptors (Lipinski definition) is 7. The molecule has 36 heavy (non-hydrogen) atoms. The third kappa shape index (κ3) is 5.92. The third-order valence-electron chi connectivity index (χ3n) is 6.88. The third-order valence-corrected chi connectivity index (χ3v) is 6.88. The molecular weight excluding hydrogens is 462 g/mol. The molecule has 1 saturated heterocycles. The normalized spacial score (nSPS) is 16.8. The molecule has 10 heteroatoms. The summed E-state index contributed by atoms with van der Waals surface area (Å²) in [6, 6.07) is 4.99. The summed E-state index contributed by atoms with van der Waals surface area (Å²) in [6.07, 6.45) is 9.06. The van der Waals surface area contributed by atoms with Gasteiger partial charge in [0, 0.05) is 43.0 Å². The molecule has 2 heterocycles. The molecule has 3 amide bonds. The lowest BCUT2D eigenvalue weighted by Gasteiger charge is -2.32. The SMILES string of the molecule is COc1ccc(C(=O)N2CCC(NC(=O)c3nccnc3NC(=O)C3CCCCC3)CC2)cc1OC. The Kier molecular flexibility index (Phi) is 8.35. The molecule has 2 aromatic rings. The number of piperidine rings is 1. The summed E-state index contributed by atoms with van der Waals surface area (Å²) in [4.78, 5) is 48.8. The van der Waals surface area contributed by atoms with Gasteiger partial charge in [-0.05, 0) is 43.9 Å². The maximum Gasteiger partial charge on any atom is 0.273 e. The highest BCUT2D eigenvalue weighted by Gasteiger charge is 2.28. The number of nitrogens with zero attached hydrogens (tertiary/aromatic N) is 3. The number of benzene rings is 1. The van der Waals surface area contributed by atoms with Crippen molar-refractivity contribution >= 4 is 23.5 Å². The zero-order valence-electron chi connectivity index (χ0n) is 20.8. The maximum atomic E-state index is 13.0. The Balaban J connectivity index is 1.33. The van der Waals surface area contributed by atoms with Gasteiger partial charge in [-0.25, -0.2) is 9.97 Å². The Bertz CT molecular complexity index is 1090. The number of methoxy groups -OCH3 is 2. The molecule has 1 aromatic carbocycles. The van der Waals surface area contributed by atoms with Gasteiger partial charge in [0.1, 0.15) is 0 Å². The number of likely N-dealkylation sites (tertiary alicyclic amines) is 1. The van der Waals surface area contributed by atoms with Crippen molar-refractivity contribution in [3.05, 3.63) is 41.9 Å². The van der Waals surface area contributed by atoms with Crippen LogP contribution in [-0.2, 0) is 4.79 Å². The van der Waals surface area contributed by atoms with Crippen LogP contribution in [0.5, 0.6) is 11.5 Å². The van der Waals surface area contributed by atoms with E-state index in [0.29, 0.717) is 43.0 Å². The van der Waals surface area contributed by atoms with Crippen LogP contribution in [0, 0.1) is 5.92 Å². The number of hydrogen-bond donors (Lipinski definition) is 2. The second-order valence-corrected chi connectivity index (χ2v) is 9.19. The van der Waals surface area contributed by atoms with Crippen LogP contribution in [0.2, 0.25) is 0 Å². The number of amides is 3. The summed E-state index contributed by atoms with van der Waals surface area (Å²) in [7, 11) is 3.08. The molecule has 1 aliphatic carbocycles. The fourth-order valence-electron chi connectivity index (χ4n) is 4.81. The molecule has 10 nitrogen and oxygen atoms in total. The summed E-state index contributed by atoms with van der Waals surface area (Å²) in [5.74, 6) is 0.616. The van der Waals surface area contributed by atoms with E-state index in [9.17, 15) is 14.4 Å². The smallest absolute Gasteiger partial charge is 0.273 e. The van der Waals surface area contributed by atoms with E-state index in [2.05, 4.69) is 20.6 Å². The minimum Gasteiger partial charge on any atom is -0.493 e. The first-order valence-electron chi connectivity index (χ1n) is 12.4. The Labute approximate surface area is 210 Å². The number of nitrogens with one attached hydrogen (secondary N) is 2. The van der Waals surface area contributed by atoms with E-state index in [1.165, 1.54) is 19.5 Å². The van der Waals surface area contributed by atoms with E-state index >= 15 is 0 Å². The van der Waals surface area contributed by atoms with E-state index in [0.717, 1.165) is 32.1 Å². The summed E-state index contributed by atoms with van der Waals surface area (Å²) in [5, 5.41) is 5.80. The topological polar surface area (TPSA) is 123 Å². The number of aromatic nitrogens is 2. The van der Waals surface area contributed by atoms with Crippen LogP contribution in [0.25, 0.3) is 0 Å². The molecule has 192 valence electrons. The van der Waals surface area contributed by atoms with E-state index in [-0.39, 0.29) is 41.2 Å². The highest BCUT2D eigenvalue weighted by Crippen LogP contribution is 2.29. The van der Waals surface area contributed by atoms with Gasteiger partial charge >= 0.3 is 0 Å². The van der Waals surface area contributed by atoms with Crippen LogP contribution in [-0.4, -0.2) is 65.9 Å². The van der Waals surface area contributed by atoms with Crippen LogP contribution in [0.4, 0.5) is 5.82 Å². The first kappa shape index (κ1) is 25.4. The Hall–Kier alpha value is -3.69. The highest BCUT2D eigenvalue weighted by molar-refractivity contribution is 6.01. The molecular formula is C26H33N5O5. The van der Waals surface area contributed by atoms with E-state index in [1.54, 1.807) is 30.2 Å². The molecule has 0 spiro atoms. The summed E-state index contributed by atoms with van der Waals surface area (Å²) in [5.41, 5.74) is 0.624. The molecule has 1 aliphatic heterocycles. The van der Waals surface area contributed by atoms with Gasteiger partial charge in [-0.3, -0.25) is 14.4 Å². The van der Waals surface area contributed by atoms with Crippen molar-refractivity contribution in [3.8, 4) is 11.5 Å². The first-order valence-corrected chi connectivity index (χ1v) is 12.4. The zero-order chi connectivity index (χ0) is 25.5. The Morgan fingerprint density at radius 2 is 1.61 bits per heavy atom. The second-order valence-electron chi connectivity index (χ2n) is 9.19. The lowest BCUT2D eigenvalue weighted by Crippen LogP contribution is -2.46. The van der Waals surface area contributed by atoms with Gasteiger partial charge in [0.15, 0.2) is 23.0 Å². The number of carbonyl (C=O) groups excluding carboxylic acids is 3. The van der Waals surface area contributed by atoms with Gasteiger partial charge in [-0.15, -0.1) is 0 Å². The molecule has 1 aromatic heterocycles. The van der Waals surface area contributed by atoms with Crippen molar-refractivity contribution < 1.29 is 23.9 Å². The highest BCUT2D eigenvalue weighted by atomic mass is 16.5. The van der Waals surface area contributed by atoms with E-state index in [4.69, 9.17) is 9.47 Å². The van der Waals surface area contributed by atoms with Crippen molar-refractivity contribution in [2.45, 2.75) is 51.0 Å². The van der Waals surface area contributed by atoms with Gasteiger partial charge in [-0.1, -0.05) is 19.3 Å². The van der Waals surface area contributed by atoms with Crippen molar-refractivity contribution in [1.29, 1.82) is 0 Å². The summed E-state index contributed by atoms with van der Waals surface area (Å²) in [6.45, 7) is 1.01. The largest absolute Gasteiger partial charge is 0.493 e. The predicted octanol–water partition coefficient (Wildman–Crippen LogP) is 3.05. The lowest BCUT2D eigenvalue weighted by atomic mass is 9.89. The van der Waals surface area contributed by atoms with Gasteiger partial charge < -0.3 is 25.0 Å². The average Bonchev–Trinajstić information content (AvgIpc) is 2.93. The monoisotopic (exact) mass is 495 g/mol. The predicted molar refractivity (Wildman–Crippen MR) is 133 cm³/mol. The molecule has 2 fully saturated rings. The first-order chi connectivity index (χ1) is 17.5. The van der Waals surface area contributed by atoms with Crippen LogP contribution in [0.15, 0.2) is 30.6 Å². The standard InChI is InChI=1S/C26H33N5O5/c1-35-20-9-8-18(16-21(20)36-2)26(34)31-14-10-19(11-15-31)29-25(33)22-23(28-13-12-27-22)30-24(32)17-6-4-3-5-7-17/h8-9,12-13,16-17,19H,3-7,10-11,14-15H2,1-2H3,(H,29,33)(H,28,30,32). The molecule has 0 radical (unpaired) electrons. The summed E-state index contributed by atoms with van der Waals surface area (Å²) < 4.78 is 10.5. The van der Waals surface area contributed by atoms with E-state index in [1.807, 2.05) is 0 Å². The van der Waals surface area contributed by atoms with Crippen LogP contribution < -0.4 is 20.1 Å². The molecule has 0 atom stereocenters.